The first-order valence-corrected chi connectivity index (χ1v) is 7.09. The van der Waals surface area contributed by atoms with Crippen molar-refractivity contribution in [2.24, 2.45) is 0 Å². The zero-order valence-corrected chi connectivity index (χ0v) is 13.0. The number of urea groups is 1. The first-order valence-electron chi connectivity index (χ1n) is 6.71. The molecule has 0 aliphatic rings. The topological polar surface area (TPSA) is 89.5 Å². The van der Waals surface area contributed by atoms with Gasteiger partial charge in [-0.25, -0.2) is 14.6 Å². The highest BCUT2D eigenvalue weighted by molar-refractivity contribution is 6.30. The highest BCUT2D eigenvalue weighted by Gasteiger charge is 2.06. The lowest BCUT2D eigenvalue weighted by molar-refractivity contribution is 0.104. The van der Waals surface area contributed by atoms with Crippen LogP contribution >= 0.6 is 11.6 Å². The molecule has 120 valence electrons. The second-order valence-electron chi connectivity index (χ2n) is 4.25. The van der Waals surface area contributed by atoms with E-state index in [2.05, 4.69) is 20.4 Å². The van der Waals surface area contributed by atoms with Gasteiger partial charge in [-0.1, -0.05) is 11.6 Å². The van der Waals surface area contributed by atoms with E-state index in [0.717, 1.165) is 0 Å². The number of carbonyl (C=O) groups is 2. The van der Waals surface area contributed by atoms with Gasteiger partial charge in [0.1, 0.15) is 11.6 Å². The fraction of sp³-hybridized carbons (Fsp3) is 0.133. The minimum Gasteiger partial charge on any atom is -0.434 e. The van der Waals surface area contributed by atoms with Crippen LogP contribution in [0.15, 0.2) is 42.6 Å². The summed E-state index contributed by atoms with van der Waals surface area (Å²) in [6.07, 6.45) is 0.651. The molecule has 8 heteroatoms. The van der Waals surface area contributed by atoms with Crippen molar-refractivity contribution in [3.63, 3.8) is 0 Å². The quantitative estimate of drug-likeness (QED) is 0.653. The van der Waals surface area contributed by atoms with Crippen LogP contribution in [0, 0.1) is 0 Å². The smallest absolute Gasteiger partial charge is 0.434 e. The van der Waals surface area contributed by atoms with E-state index < -0.39 is 12.2 Å². The molecule has 1 aromatic carbocycles. The monoisotopic (exact) mass is 335 g/mol. The Morgan fingerprint density at radius 3 is 2.48 bits per heavy atom. The van der Waals surface area contributed by atoms with Crippen molar-refractivity contribution in [1.82, 2.24) is 4.98 Å². The highest BCUT2D eigenvalue weighted by atomic mass is 35.5. The van der Waals surface area contributed by atoms with E-state index in [0.29, 0.717) is 22.3 Å². The number of nitrogens with zero attached hydrogens (tertiary/aromatic N) is 1. The molecule has 0 bridgehead atoms. The summed E-state index contributed by atoms with van der Waals surface area (Å²) in [6.45, 7) is 1.92. The van der Waals surface area contributed by atoms with Gasteiger partial charge in [-0.15, -0.1) is 0 Å². The Morgan fingerprint density at radius 2 is 1.87 bits per heavy atom. The number of rotatable bonds is 4. The predicted molar refractivity (Wildman–Crippen MR) is 86.0 cm³/mol. The molecule has 0 atom stereocenters. The lowest BCUT2D eigenvalue weighted by atomic mass is 10.3. The van der Waals surface area contributed by atoms with E-state index in [4.69, 9.17) is 16.3 Å². The number of nitrogens with one attached hydrogen (secondary N) is 2. The number of hydrogen-bond donors (Lipinski definition) is 2. The molecule has 0 aliphatic heterocycles. The van der Waals surface area contributed by atoms with Crippen molar-refractivity contribution in [1.29, 1.82) is 0 Å². The fourth-order valence-corrected chi connectivity index (χ4v) is 1.69. The molecule has 1 heterocycles. The van der Waals surface area contributed by atoms with Crippen molar-refractivity contribution in [3.05, 3.63) is 47.6 Å². The van der Waals surface area contributed by atoms with Gasteiger partial charge < -0.3 is 14.8 Å². The van der Waals surface area contributed by atoms with Crippen LogP contribution in [-0.4, -0.2) is 23.8 Å². The Bertz CT molecular complexity index is 674. The molecule has 0 saturated heterocycles. The van der Waals surface area contributed by atoms with E-state index in [1.54, 1.807) is 31.2 Å². The Morgan fingerprint density at radius 1 is 1.13 bits per heavy atom. The standard InChI is InChI=1S/C15H14ClN3O4/c1-2-22-15(21)23-12-6-4-11(5-7-12)18-14(20)19-13-8-3-10(16)9-17-13/h3-9H,2H2,1H3,(H2,17,18,19,20). The zero-order chi connectivity index (χ0) is 16.7. The molecule has 0 fully saturated rings. The van der Waals surface area contributed by atoms with Crippen molar-refractivity contribution in [3.8, 4) is 5.75 Å². The van der Waals surface area contributed by atoms with E-state index in [1.807, 2.05) is 0 Å². The van der Waals surface area contributed by atoms with E-state index >= 15 is 0 Å². The molecule has 7 nitrogen and oxygen atoms in total. The Hall–Kier alpha value is -2.80. The number of anilines is 2. The number of halogens is 1. The molecule has 1 aromatic heterocycles. The Kier molecular flexibility index (Phi) is 5.76. The normalized spacial score (nSPS) is 9.83. The van der Waals surface area contributed by atoms with Crippen LogP contribution < -0.4 is 15.4 Å². The molecular formula is C15H14ClN3O4. The molecule has 0 aliphatic carbocycles. The largest absolute Gasteiger partial charge is 0.513 e. The van der Waals surface area contributed by atoms with E-state index in [9.17, 15) is 9.59 Å². The zero-order valence-electron chi connectivity index (χ0n) is 12.2. The summed E-state index contributed by atoms with van der Waals surface area (Å²) in [6, 6.07) is 8.98. The van der Waals surface area contributed by atoms with Crippen LogP contribution in [0.1, 0.15) is 6.92 Å². The van der Waals surface area contributed by atoms with Gasteiger partial charge in [0.2, 0.25) is 0 Å². The minimum atomic E-state index is -0.778. The average Bonchev–Trinajstić information content (AvgIpc) is 2.52. The van der Waals surface area contributed by atoms with Crippen LogP contribution in [-0.2, 0) is 4.74 Å². The lowest BCUT2D eigenvalue weighted by Gasteiger charge is -2.08. The molecule has 0 saturated carbocycles. The maximum absolute atomic E-state index is 11.8. The molecule has 2 rings (SSSR count). The summed E-state index contributed by atoms with van der Waals surface area (Å²) < 4.78 is 9.57. The van der Waals surface area contributed by atoms with Crippen LogP contribution in [0.2, 0.25) is 5.02 Å². The molecule has 2 aromatic rings. The van der Waals surface area contributed by atoms with Gasteiger partial charge in [0.25, 0.3) is 0 Å². The maximum atomic E-state index is 11.8. The van der Waals surface area contributed by atoms with Crippen LogP contribution in [0.5, 0.6) is 5.75 Å². The molecule has 2 amide bonds. The third-order valence-electron chi connectivity index (χ3n) is 2.54. The van der Waals surface area contributed by atoms with Crippen molar-refractivity contribution >= 4 is 35.3 Å². The molecule has 0 radical (unpaired) electrons. The third kappa shape index (κ3) is 5.48. The molecular weight excluding hydrogens is 322 g/mol. The van der Waals surface area contributed by atoms with Crippen molar-refractivity contribution in [2.45, 2.75) is 6.92 Å². The second-order valence-corrected chi connectivity index (χ2v) is 4.69. The van der Waals surface area contributed by atoms with Gasteiger partial charge >= 0.3 is 12.2 Å². The summed E-state index contributed by atoms with van der Waals surface area (Å²) in [5, 5.41) is 5.65. The van der Waals surface area contributed by atoms with Gasteiger partial charge in [-0.05, 0) is 43.3 Å². The summed E-state index contributed by atoms with van der Waals surface area (Å²) in [5.41, 5.74) is 0.521. The highest BCUT2D eigenvalue weighted by Crippen LogP contribution is 2.16. The number of ether oxygens (including phenoxy) is 2. The van der Waals surface area contributed by atoms with Crippen LogP contribution in [0.4, 0.5) is 21.1 Å². The fourth-order valence-electron chi connectivity index (χ4n) is 1.58. The van der Waals surface area contributed by atoms with Crippen LogP contribution in [0.3, 0.4) is 0 Å². The number of amides is 2. The number of hydrogen-bond acceptors (Lipinski definition) is 5. The number of aromatic nitrogens is 1. The third-order valence-corrected chi connectivity index (χ3v) is 2.77. The van der Waals surface area contributed by atoms with Crippen molar-refractivity contribution in [2.75, 3.05) is 17.2 Å². The number of carbonyl (C=O) groups excluding carboxylic acids is 2. The Balaban J connectivity index is 1.88. The van der Waals surface area contributed by atoms with Gasteiger partial charge in [0.05, 0.1) is 11.6 Å². The summed E-state index contributed by atoms with van der Waals surface area (Å²) in [5.74, 6) is 0.683. The van der Waals surface area contributed by atoms with Gasteiger partial charge in [0.15, 0.2) is 0 Å². The summed E-state index contributed by atoms with van der Waals surface area (Å²) in [4.78, 5) is 26.9. The number of pyridine rings is 1. The Labute approximate surface area is 137 Å². The van der Waals surface area contributed by atoms with Gasteiger partial charge in [-0.3, -0.25) is 5.32 Å². The second kappa shape index (κ2) is 8.00. The van der Waals surface area contributed by atoms with E-state index in [-0.39, 0.29) is 6.61 Å². The maximum Gasteiger partial charge on any atom is 0.513 e. The summed E-state index contributed by atoms with van der Waals surface area (Å²) >= 11 is 5.71. The SMILES string of the molecule is CCOC(=O)Oc1ccc(NC(=O)Nc2ccc(Cl)cn2)cc1. The molecule has 0 unspecified atom stereocenters. The molecule has 23 heavy (non-hydrogen) atoms. The average molecular weight is 336 g/mol. The van der Waals surface area contributed by atoms with Crippen LogP contribution in [0.25, 0.3) is 0 Å². The van der Waals surface area contributed by atoms with Gasteiger partial charge in [-0.2, -0.15) is 0 Å². The lowest BCUT2D eigenvalue weighted by Crippen LogP contribution is -2.20. The molecule has 2 N–H and O–H groups in total. The van der Waals surface area contributed by atoms with E-state index in [1.165, 1.54) is 18.3 Å². The number of benzene rings is 1. The minimum absolute atomic E-state index is 0.234. The van der Waals surface area contributed by atoms with Gasteiger partial charge in [0, 0.05) is 11.9 Å². The van der Waals surface area contributed by atoms with Crippen molar-refractivity contribution < 1.29 is 19.1 Å². The predicted octanol–water partition coefficient (Wildman–Crippen LogP) is 3.91. The summed E-state index contributed by atoms with van der Waals surface area (Å²) in [7, 11) is 0. The first-order chi connectivity index (χ1) is 11.1. The first kappa shape index (κ1) is 16.6. The molecule has 0 spiro atoms.